The molecule has 0 aliphatic rings. The number of Topliss-reactive ketones (excluding diaryl/α,β-unsaturated/α-hetero) is 1. The first-order valence-electron chi connectivity index (χ1n) is 7.97. The van der Waals surface area contributed by atoms with Crippen LogP contribution in [-0.4, -0.2) is 37.1 Å². The summed E-state index contributed by atoms with van der Waals surface area (Å²) in [5, 5.41) is 14.6. The number of carbonyl (C=O) groups is 2. The predicted octanol–water partition coefficient (Wildman–Crippen LogP) is 2.98. The van der Waals surface area contributed by atoms with E-state index in [0.29, 0.717) is 16.4 Å². The first-order chi connectivity index (χ1) is 12.5. The van der Waals surface area contributed by atoms with Crippen LogP contribution in [0, 0.1) is 0 Å². The van der Waals surface area contributed by atoms with Crippen molar-refractivity contribution < 1.29 is 9.59 Å². The molecule has 1 N–H and O–H groups in total. The fourth-order valence-corrected chi connectivity index (χ4v) is 3.06. The van der Waals surface area contributed by atoms with Gasteiger partial charge in [0, 0.05) is 11.3 Å². The smallest absolute Gasteiger partial charge is 0.237 e. The summed E-state index contributed by atoms with van der Waals surface area (Å²) < 4.78 is 1.59. The predicted molar refractivity (Wildman–Crippen MR) is 99.5 cm³/mol. The summed E-state index contributed by atoms with van der Waals surface area (Å²) in [5.41, 5.74) is 1.95. The number of amides is 1. The van der Waals surface area contributed by atoms with Crippen LogP contribution in [0.15, 0.2) is 59.8 Å². The summed E-state index contributed by atoms with van der Waals surface area (Å²) in [6.45, 7) is 3.27. The second-order valence-electron chi connectivity index (χ2n) is 5.60. The number of benzene rings is 2. The minimum atomic E-state index is -0.426. The van der Waals surface area contributed by atoms with Gasteiger partial charge in [0.1, 0.15) is 0 Å². The summed E-state index contributed by atoms with van der Waals surface area (Å²) in [6, 6.07) is 16.3. The molecule has 0 aliphatic heterocycles. The molecule has 0 aliphatic carbocycles. The Morgan fingerprint density at radius 2 is 1.88 bits per heavy atom. The van der Waals surface area contributed by atoms with Gasteiger partial charge in [-0.15, -0.1) is 5.10 Å². The molecule has 3 aromatic rings. The zero-order chi connectivity index (χ0) is 18.5. The maximum atomic E-state index is 12.5. The molecule has 0 saturated heterocycles. The Labute approximate surface area is 154 Å². The number of nitrogens with one attached hydrogen (secondary N) is 1. The normalized spacial score (nSPS) is 11.8. The summed E-state index contributed by atoms with van der Waals surface area (Å²) in [5.74, 6) is -0.246. The van der Waals surface area contributed by atoms with Crippen molar-refractivity contribution in [3.8, 4) is 5.69 Å². The zero-order valence-corrected chi connectivity index (χ0v) is 15.1. The fraction of sp³-hybridized carbons (Fsp3) is 0.167. The van der Waals surface area contributed by atoms with Gasteiger partial charge in [0.25, 0.3) is 0 Å². The highest BCUT2D eigenvalue weighted by Gasteiger charge is 2.19. The van der Waals surface area contributed by atoms with Crippen LogP contribution in [0.2, 0.25) is 0 Å². The van der Waals surface area contributed by atoms with Gasteiger partial charge < -0.3 is 5.32 Å². The van der Waals surface area contributed by atoms with E-state index in [0.717, 1.165) is 5.69 Å². The first kappa shape index (κ1) is 17.8. The minimum absolute atomic E-state index is 0.0504. The van der Waals surface area contributed by atoms with Crippen LogP contribution in [0.25, 0.3) is 5.69 Å². The molecule has 1 amide bonds. The van der Waals surface area contributed by atoms with E-state index >= 15 is 0 Å². The quantitative estimate of drug-likeness (QED) is 0.532. The van der Waals surface area contributed by atoms with Gasteiger partial charge in [-0.3, -0.25) is 9.59 Å². The molecular weight excluding hydrogens is 350 g/mol. The fourth-order valence-electron chi connectivity index (χ4n) is 2.26. The van der Waals surface area contributed by atoms with Gasteiger partial charge in [0.2, 0.25) is 11.1 Å². The Bertz CT molecular complexity index is 926. The van der Waals surface area contributed by atoms with E-state index in [-0.39, 0.29) is 11.7 Å². The Morgan fingerprint density at radius 3 is 2.62 bits per heavy atom. The van der Waals surface area contributed by atoms with E-state index in [4.69, 9.17) is 0 Å². The first-order valence-corrected chi connectivity index (χ1v) is 8.85. The molecule has 1 heterocycles. The van der Waals surface area contributed by atoms with E-state index in [2.05, 4.69) is 20.8 Å². The third kappa shape index (κ3) is 4.15. The number of para-hydroxylation sites is 1. The number of thioether (sulfide) groups is 1. The lowest BCUT2D eigenvalue weighted by molar-refractivity contribution is -0.115. The highest BCUT2D eigenvalue weighted by molar-refractivity contribution is 8.00. The lowest BCUT2D eigenvalue weighted by Crippen LogP contribution is -2.23. The molecular formula is C18H17N5O2S. The van der Waals surface area contributed by atoms with Crippen LogP contribution in [0.5, 0.6) is 0 Å². The van der Waals surface area contributed by atoms with E-state index in [1.165, 1.54) is 18.7 Å². The topological polar surface area (TPSA) is 89.8 Å². The van der Waals surface area contributed by atoms with Gasteiger partial charge in [-0.1, -0.05) is 42.1 Å². The van der Waals surface area contributed by atoms with Crippen molar-refractivity contribution in [3.63, 3.8) is 0 Å². The average Bonchev–Trinajstić information content (AvgIpc) is 3.10. The molecule has 1 aromatic heterocycles. The number of tetrazole rings is 1. The van der Waals surface area contributed by atoms with Gasteiger partial charge >= 0.3 is 0 Å². The van der Waals surface area contributed by atoms with Crippen molar-refractivity contribution in [1.29, 1.82) is 0 Å². The monoisotopic (exact) mass is 367 g/mol. The van der Waals surface area contributed by atoms with Gasteiger partial charge in [0.15, 0.2) is 5.78 Å². The molecule has 1 unspecified atom stereocenters. The van der Waals surface area contributed by atoms with Crippen LogP contribution in [0.1, 0.15) is 24.2 Å². The number of carbonyl (C=O) groups excluding carboxylic acids is 2. The summed E-state index contributed by atoms with van der Waals surface area (Å²) >= 11 is 1.26. The summed E-state index contributed by atoms with van der Waals surface area (Å²) in [7, 11) is 0. The van der Waals surface area contributed by atoms with Crippen molar-refractivity contribution in [3.05, 3.63) is 60.2 Å². The zero-order valence-electron chi connectivity index (χ0n) is 14.3. The Hall–Kier alpha value is -3.00. The third-order valence-electron chi connectivity index (χ3n) is 3.63. The Balaban J connectivity index is 1.70. The van der Waals surface area contributed by atoms with Gasteiger partial charge in [-0.25, -0.2) is 0 Å². The number of aromatic nitrogens is 4. The molecule has 0 saturated carbocycles. The van der Waals surface area contributed by atoms with Gasteiger partial charge in [0.05, 0.1) is 10.9 Å². The maximum Gasteiger partial charge on any atom is 0.237 e. The minimum Gasteiger partial charge on any atom is -0.325 e. The third-order valence-corrected chi connectivity index (χ3v) is 4.66. The van der Waals surface area contributed by atoms with Crippen molar-refractivity contribution in [2.75, 3.05) is 5.32 Å². The van der Waals surface area contributed by atoms with E-state index in [9.17, 15) is 9.59 Å². The molecule has 132 valence electrons. The number of anilines is 1. The lowest BCUT2D eigenvalue weighted by atomic mass is 10.1. The molecule has 7 nitrogen and oxygen atoms in total. The van der Waals surface area contributed by atoms with Crippen molar-refractivity contribution in [2.45, 2.75) is 24.3 Å². The highest BCUT2D eigenvalue weighted by atomic mass is 32.2. The molecule has 3 rings (SSSR count). The summed E-state index contributed by atoms with van der Waals surface area (Å²) in [6.07, 6.45) is 0. The molecule has 0 spiro atoms. The van der Waals surface area contributed by atoms with Crippen molar-refractivity contribution in [2.24, 2.45) is 0 Å². The van der Waals surface area contributed by atoms with Gasteiger partial charge in [-0.2, -0.15) is 4.68 Å². The second kappa shape index (κ2) is 7.92. The average molecular weight is 367 g/mol. The van der Waals surface area contributed by atoms with Crippen LogP contribution in [0.4, 0.5) is 5.69 Å². The molecule has 0 radical (unpaired) electrons. The highest BCUT2D eigenvalue weighted by Crippen LogP contribution is 2.24. The number of hydrogen-bond acceptors (Lipinski definition) is 6. The maximum absolute atomic E-state index is 12.5. The lowest BCUT2D eigenvalue weighted by Gasteiger charge is -2.12. The number of rotatable bonds is 6. The number of hydrogen-bond donors (Lipinski definition) is 1. The van der Waals surface area contributed by atoms with E-state index in [1.807, 2.05) is 30.3 Å². The van der Waals surface area contributed by atoms with Crippen molar-refractivity contribution >= 4 is 29.1 Å². The molecule has 8 heteroatoms. The Morgan fingerprint density at radius 1 is 1.12 bits per heavy atom. The summed E-state index contributed by atoms with van der Waals surface area (Å²) in [4.78, 5) is 23.9. The van der Waals surface area contributed by atoms with E-state index in [1.54, 1.807) is 35.9 Å². The molecule has 26 heavy (non-hydrogen) atoms. The van der Waals surface area contributed by atoms with E-state index < -0.39 is 5.25 Å². The van der Waals surface area contributed by atoms with Crippen LogP contribution >= 0.6 is 11.8 Å². The van der Waals surface area contributed by atoms with Crippen LogP contribution in [0.3, 0.4) is 0 Å². The van der Waals surface area contributed by atoms with Crippen molar-refractivity contribution in [1.82, 2.24) is 20.2 Å². The molecule has 1 atom stereocenters. The molecule has 2 aromatic carbocycles. The van der Waals surface area contributed by atoms with Crippen LogP contribution < -0.4 is 5.32 Å². The standard InChI is InChI=1S/C18H17N5O2S/c1-12(24)14-7-6-8-15(11-14)19-17(25)13(2)26-18-20-21-22-23(18)16-9-4-3-5-10-16/h3-11,13H,1-2H3,(H,19,25). The largest absolute Gasteiger partial charge is 0.325 e. The molecule has 0 fully saturated rings. The van der Waals surface area contributed by atoms with Crippen LogP contribution in [-0.2, 0) is 4.79 Å². The van der Waals surface area contributed by atoms with Gasteiger partial charge in [-0.05, 0) is 48.5 Å². The molecule has 0 bridgehead atoms. The number of nitrogens with zero attached hydrogens (tertiary/aromatic N) is 4. The number of ketones is 1. The second-order valence-corrected chi connectivity index (χ2v) is 6.90. The SMILES string of the molecule is CC(=O)c1cccc(NC(=O)C(C)Sc2nnnn2-c2ccccc2)c1. The Kier molecular flexibility index (Phi) is 5.43.